The summed E-state index contributed by atoms with van der Waals surface area (Å²) in [6.45, 7) is 6.40. The van der Waals surface area contributed by atoms with Gasteiger partial charge in [0.05, 0.1) is 38.1 Å². The van der Waals surface area contributed by atoms with E-state index in [0.29, 0.717) is 34.8 Å². The van der Waals surface area contributed by atoms with Crippen LogP contribution in [0.5, 0.6) is 23.0 Å². The number of halogens is 1. The first-order valence-electron chi connectivity index (χ1n) is 12.5. The summed E-state index contributed by atoms with van der Waals surface area (Å²) in [5.41, 5.74) is 0.718. The molecule has 0 aliphatic carbocycles. The number of hydrogen-bond acceptors (Lipinski definition) is 8. The van der Waals surface area contributed by atoms with Gasteiger partial charge in [-0.3, -0.25) is 14.7 Å². The molecule has 1 N–H and O–H groups in total. The number of ether oxygens (including phenoxy) is 4. The highest BCUT2D eigenvalue weighted by atomic mass is 19.1. The maximum Gasteiger partial charge on any atom is 0.329 e. The van der Waals surface area contributed by atoms with Crippen molar-refractivity contribution in [1.82, 2.24) is 15.2 Å². The molecule has 2 fully saturated rings. The quantitative estimate of drug-likeness (QED) is 0.334. The summed E-state index contributed by atoms with van der Waals surface area (Å²) in [5, 5.41) is 3.11. The number of hydrogen-bond donors (Lipinski definition) is 1. The zero-order valence-electron chi connectivity index (χ0n) is 21.2. The molecule has 2 aromatic carbocycles. The second-order valence-corrected chi connectivity index (χ2v) is 9.05. The minimum absolute atomic E-state index is 0.0660. The molecule has 1 aromatic heterocycles. The van der Waals surface area contributed by atoms with Crippen molar-refractivity contribution >= 4 is 28.5 Å². The first kappa shape index (κ1) is 25.7. The normalized spacial score (nSPS) is 18.1. The molecule has 11 heteroatoms. The summed E-state index contributed by atoms with van der Waals surface area (Å²) in [6.07, 6.45) is 2.42. The summed E-state index contributed by atoms with van der Waals surface area (Å²) in [5.74, 6) is 0.190. The van der Waals surface area contributed by atoms with E-state index in [0.717, 1.165) is 50.2 Å². The summed E-state index contributed by atoms with van der Waals surface area (Å²) in [6, 6.07) is 7.81. The highest BCUT2D eigenvalue weighted by Crippen LogP contribution is 2.38. The number of rotatable bonds is 9. The van der Waals surface area contributed by atoms with Crippen LogP contribution in [0.3, 0.4) is 0 Å². The molecule has 2 saturated heterocycles. The van der Waals surface area contributed by atoms with Crippen LogP contribution in [-0.4, -0.2) is 74.4 Å². The van der Waals surface area contributed by atoms with Gasteiger partial charge in [-0.05, 0) is 37.6 Å². The molecule has 200 valence electrons. The molecule has 3 aromatic rings. The van der Waals surface area contributed by atoms with Gasteiger partial charge < -0.3 is 24.3 Å². The third-order valence-corrected chi connectivity index (χ3v) is 6.49. The van der Waals surface area contributed by atoms with Crippen LogP contribution in [0, 0.1) is 5.82 Å². The number of nitrogens with zero attached hydrogens (tertiary/aromatic N) is 3. The van der Waals surface area contributed by atoms with Crippen molar-refractivity contribution < 1.29 is 32.9 Å². The van der Waals surface area contributed by atoms with Gasteiger partial charge in [0.25, 0.3) is 5.91 Å². The zero-order chi connectivity index (χ0) is 26.6. The van der Waals surface area contributed by atoms with E-state index in [1.165, 1.54) is 12.1 Å². The van der Waals surface area contributed by atoms with Crippen LogP contribution in [0.25, 0.3) is 10.9 Å². The third-order valence-electron chi connectivity index (χ3n) is 6.49. The molecule has 0 spiro atoms. The number of pyridine rings is 1. The number of imide groups is 1. The highest BCUT2D eigenvalue weighted by Gasteiger charge is 2.36. The Labute approximate surface area is 219 Å². The molecule has 2 aliphatic heterocycles. The van der Waals surface area contributed by atoms with Crippen molar-refractivity contribution in [3.05, 3.63) is 48.4 Å². The number of amides is 3. The lowest BCUT2D eigenvalue weighted by Crippen LogP contribution is -2.37. The van der Waals surface area contributed by atoms with E-state index < -0.39 is 23.8 Å². The number of nitrogens with one attached hydrogen (secondary N) is 1. The molecule has 10 nitrogen and oxygen atoms in total. The van der Waals surface area contributed by atoms with E-state index >= 15 is 0 Å². The number of aromatic nitrogens is 1. The Hall–Kier alpha value is -3.96. The van der Waals surface area contributed by atoms with Crippen LogP contribution in [0.2, 0.25) is 0 Å². The molecular weight excluding hydrogens is 495 g/mol. The number of carbonyl (C=O) groups is 2. The monoisotopic (exact) mass is 524 g/mol. The number of methoxy groups -OCH3 is 1. The fourth-order valence-electron chi connectivity index (χ4n) is 4.46. The third kappa shape index (κ3) is 5.34. The van der Waals surface area contributed by atoms with Crippen LogP contribution in [0.1, 0.15) is 13.3 Å². The average molecular weight is 525 g/mol. The van der Waals surface area contributed by atoms with Gasteiger partial charge in [0.2, 0.25) is 0 Å². The van der Waals surface area contributed by atoms with Crippen molar-refractivity contribution in [2.75, 3.05) is 51.5 Å². The van der Waals surface area contributed by atoms with E-state index in [9.17, 15) is 14.0 Å². The van der Waals surface area contributed by atoms with Crippen molar-refractivity contribution in [1.29, 1.82) is 0 Å². The molecule has 0 radical (unpaired) electrons. The first-order chi connectivity index (χ1) is 18.4. The maximum atomic E-state index is 15.0. The second kappa shape index (κ2) is 11.2. The lowest BCUT2D eigenvalue weighted by molar-refractivity contribution is -0.117. The topological polar surface area (TPSA) is 102 Å². The van der Waals surface area contributed by atoms with Crippen LogP contribution >= 0.6 is 0 Å². The highest BCUT2D eigenvalue weighted by molar-refractivity contribution is 6.21. The molecule has 3 amide bonds. The predicted molar refractivity (Wildman–Crippen MR) is 138 cm³/mol. The lowest BCUT2D eigenvalue weighted by Gasteiger charge is -2.26. The molecule has 0 unspecified atom stereocenters. The fraction of sp³-hybridized carbons (Fsp3) is 0.370. The number of morpholine rings is 1. The van der Waals surface area contributed by atoms with Gasteiger partial charge in [-0.1, -0.05) is 0 Å². The van der Waals surface area contributed by atoms with Gasteiger partial charge in [0.1, 0.15) is 11.8 Å². The zero-order valence-corrected chi connectivity index (χ0v) is 21.2. The average Bonchev–Trinajstić information content (AvgIpc) is 3.18. The number of carbonyl (C=O) groups excluding carboxylic acids is 2. The van der Waals surface area contributed by atoms with Crippen molar-refractivity contribution in [2.24, 2.45) is 0 Å². The Morgan fingerprint density at radius 3 is 2.61 bits per heavy atom. The Morgan fingerprint density at radius 1 is 1.08 bits per heavy atom. The van der Waals surface area contributed by atoms with Gasteiger partial charge in [0.15, 0.2) is 23.1 Å². The fourth-order valence-corrected chi connectivity index (χ4v) is 4.46. The van der Waals surface area contributed by atoms with Gasteiger partial charge in [-0.15, -0.1) is 0 Å². The van der Waals surface area contributed by atoms with E-state index in [1.54, 1.807) is 38.4 Å². The maximum absolute atomic E-state index is 15.0. The Kier molecular flexibility index (Phi) is 7.57. The van der Waals surface area contributed by atoms with Gasteiger partial charge in [-0.2, -0.15) is 0 Å². The molecular formula is C27H29FN4O6. The number of urea groups is 1. The first-order valence-corrected chi connectivity index (χ1v) is 12.5. The molecule has 2 aliphatic rings. The van der Waals surface area contributed by atoms with Gasteiger partial charge in [0, 0.05) is 43.4 Å². The van der Waals surface area contributed by atoms with E-state index in [1.807, 2.05) is 0 Å². The molecule has 0 bridgehead atoms. The van der Waals surface area contributed by atoms with Crippen LogP contribution in [-0.2, 0) is 9.53 Å². The minimum Gasteiger partial charge on any atom is -0.493 e. The van der Waals surface area contributed by atoms with Crippen LogP contribution in [0.15, 0.2) is 42.6 Å². The Bertz CT molecular complexity index is 1350. The van der Waals surface area contributed by atoms with Crippen molar-refractivity contribution in [3.8, 4) is 23.0 Å². The summed E-state index contributed by atoms with van der Waals surface area (Å²) in [7, 11) is 1.55. The standard InChI is InChI=1S/C27H29FN4O6/c1-17-26(33)32(27(34)30-17)18-4-5-23(20(28)14-18)38-22-6-7-29-21-16-25(24(35-2)15-19(21)22)37-11-3-8-31-9-12-36-13-10-31/h4-7,14-17H,3,8-13H2,1-2H3,(H,30,34)/t17-/m0/s1. The van der Waals surface area contributed by atoms with E-state index in [2.05, 4.69) is 15.2 Å². The molecule has 1 atom stereocenters. The molecule has 5 rings (SSSR count). The van der Waals surface area contributed by atoms with Gasteiger partial charge >= 0.3 is 6.03 Å². The minimum atomic E-state index is -0.722. The van der Waals surface area contributed by atoms with Gasteiger partial charge in [-0.25, -0.2) is 14.1 Å². The summed E-state index contributed by atoms with van der Waals surface area (Å²) >= 11 is 0. The van der Waals surface area contributed by atoms with Crippen LogP contribution < -0.4 is 24.4 Å². The number of anilines is 1. The molecule has 3 heterocycles. The predicted octanol–water partition coefficient (Wildman–Crippen LogP) is 3.72. The van der Waals surface area contributed by atoms with E-state index in [-0.39, 0.29) is 11.4 Å². The van der Waals surface area contributed by atoms with Crippen molar-refractivity contribution in [2.45, 2.75) is 19.4 Å². The van der Waals surface area contributed by atoms with E-state index in [4.69, 9.17) is 18.9 Å². The Morgan fingerprint density at radius 2 is 1.89 bits per heavy atom. The summed E-state index contributed by atoms with van der Waals surface area (Å²) < 4.78 is 37.8. The second-order valence-electron chi connectivity index (χ2n) is 9.05. The van der Waals surface area contributed by atoms with Crippen molar-refractivity contribution in [3.63, 3.8) is 0 Å². The molecule has 0 saturated carbocycles. The molecule has 38 heavy (non-hydrogen) atoms. The smallest absolute Gasteiger partial charge is 0.329 e. The lowest BCUT2D eigenvalue weighted by atomic mass is 10.1. The Balaban J connectivity index is 1.31. The largest absolute Gasteiger partial charge is 0.493 e. The number of fused-ring (bicyclic) bond motifs is 1. The van der Waals surface area contributed by atoms with Crippen LogP contribution in [0.4, 0.5) is 14.9 Å². The number of benzene rings is 2. The SMILES string of the molecule is COc1cc2c(Oc3ccc(N4C(=O)N[C@@H](C)C4=O)cc3F)ccnc2cc1OCCCN1CCOCC1. The summed E-state index contributed by atoms with van der Waals surface area (Å²) in [4.78, 5) is 32.0.